The average Bonchev–Trinajstić information content (AvgIpc) is 2.52. The molecule has 0 N–H and O–H groups in total. The van der Waals surface area contributed by atoms with Crippen LogP contribution in [0.1, 0.15) is 20.8 Å². The summed E-state index contributed by atoms with van der Waals surface area (Å²) in [4.78, 5) is 11.9. The van der Waals surface area contributed by atoms with Crippen LogP contribution in [0.5, 0.6) is 0 Å². The van der Waals surface area contributed by atoms with Gasteiger partial charge < -0.3 is 4.74 Å². The van der Waals surface area contributed by atoms with E-state index in [2.05, 4.69) is 48.5 Å². The Morgan fingerprint density at radius 1 is 0.909 bits per heavy atom. The normalized spacial score (nSPS) is 11.5. The number of esters is 1. The Kier molecular flexibility index (Phi) is 5.74. The lowest BCUT2D eigenvalue weighted by atomic mass is 9.97. The fraction of sp³-hybridized carbons (Fsp3) is 0.316. The van der Waals surface area contributed by atoms with E-state index in [1.807, 2.05) is 32.9 Å². The van der Waals surface area contributed by atoms with Crippen molar-refractivity contribution >= 4 is 24.5 Å². The topological polar surface area (TPSA) is 26.3 Å². The molecule has 0 fully saturated rings. The molecule has 0 atom stereocenters. The molecule has 2 nitrogen and oxygen atoms in total. The van der Waals surface area contributed by atoms with Crippen LogP contribution in [0.2, 0.25) is 0 Å². The van der Waals surface area contributed by atoms with Crippen LogP contribution in [0.25, 0.3) is 0 Å². The monoisotopic (exact) mass is 314 g/mol. The van der Waals surface area contributed by atoms with Crippen LogP contribution in [0.4, 0.5) is 0 Å². The van der Waals surface area contributed by atoms with Gasteiger partial charge in [0.2, 0.25) is 0 Å². The third-order valence-corrected chi connectivity index (χ3v) is 5.77. The number of hydrogen-bond acceptors (Lipinski definition) is 2. The maximum Gasteiger partial charge on any atom is 0.311 e. The fourth-order valence-corrected chi connectivity index (χ4v) is 4.22. The van der Waals surface area contributed by atoms with Crippen molar-refractivity contribution in [2.24, 2.45) is 5.41 Å². The Labute approximate surface area is 134 Å². The molecule has 0 aliphatic heterocycles. The summed E-state index contributed by atoms with van der Waals surface area (Å²) in [7, 11) is -0.495. The first-order valence-electron chi connectivity index (χ1n) is 7.53. The smallest absolute Gasteiger partial charge is 0.311 e. The molecule has 0 aromatic heterocycles. The molecule has 0 radical (unpaired) electrons. The zero-order chi connectivity index (χ0) is 16.0. The zero-order valence-electron chi connectivity index (χ0n) is 13.5. The number of hydrogen-bond donors (Lipinski definition) is 0. The summed E-state index contributed by atoms with van der Waals surface area (Å²) in [6.07, 6.45) is 0.852. The molecule has 0 aliphatic rings. The summed E-state index contributed by atoms with van der Waals surface area (Å²) in [5.74, 6) is -0.136. The highest BCUT2D eigenvalue weighted by Gasteiger charge is 2.23. The summed E-state index contributed by atoms with van der Waals surface area (Å²) >= 11 is 0. The van der Waals surface area contributed by atoms with Crippen molar-refractivity contribution in [3.63, 3.8) is 0 Å². The van der Waals surface area contributed by atoms with Crippen molar-refractivity contribution < 1.29 is 9.53 Å². The van der Waals surface area contributed by atoms with E-state index >= 15 is 0 Å². The van der Waals surface area contributed by atoms with Gasteiger partial charge in [0, 0.05) is 6.16 Å². The molecule has 2 aromatic carbocycles. The number of carbonyl (C=O) groups is 1. The van der Waals surface area contributed by atoms with E-state index in [1.54, 1.807) is 0 Å². The van der Waals surface area contributed by atoms with Gasteiger partial charge in [-0.05, 0) is 39.3 Å². The van der Waals surface area contributed by atoms with E-state index in [-0.39, 0.29) is 5.97 Å². The largest absolute Gasteiger partial charge is 0.465 e. The van der Waals surface area contributed by atoms with E-state index in [0.29, 0.717) is 6.61 Å². The lowest BCUT2D eigenvalue weighted by molar-refractivity contribution is -0.152. The average molecular weight is 314 g/mol. The van der Waals surface area contributed by atoms with Gasteiger partial charge in [0.1, 0.15) is 0 Å². The van der Waals surface area contributed by atoms with Crippen LogP contribution < -0.4 is 10.6 Å². The number of benzene rings is 2. The maximum absolute atomic E-state index is 11.9. The van der Waals surface area contributed by atoms with E-state index < -0.39 is 13.3 Å². The summed E-state index contributed by atoms with van der Waals surface area (Å²) < 4.78 is 5.46. The number of carbonyl (C=O) groups excluding carboxylic acids is 1. The zero-order valence-corrected chi connectivity index (χ0v) is 14.3. The molecule has 0 spiro atoms. The van der Waals surface area contributed by atoms with Crippen LogP contribution in [0, 0.1) is 5.41 Å². The maximum atomic E-state index is 11.9. The lowest BCUT2D eigenvalue weighted by Crippen LogP contribution is -2.25. The van der Waals surface area contributed by atoms with Gasteiger partial charge >= 0.3 is 5.97 Å². The SMILES string of the molecule is CC(C)(C)C(=O)OCCP(c1ccccc1)c1ccccc1. The molecule has 2 rings (SSSR count). The molecular formula is C19H23O2P. The molecule has 3 heteroatoms. The Balaban J connectivity index is 2.09. The molecule has 116 valence electrons. The van der Waals surface area contributed by atoms with E-state index in [4.69, 9.17) is 4.74 Å². The Morgan fingerprint density at radius 2 is 1.36 bits per heavy atom. The van der Waals surface area contributed by atoms with E-state index in [9.17, 15) is 4.79 Å². The van der Waals surface area contributed by atoms with Crippen LogP contribution in [-0.4, -0.2) is 18.7 Å². The third kappa shape index (κ3) is 4.68. The second-order valence-electron chi connectivity index (χ2n) is 6.21. The molecular weight excluding hydrogens is 291 g/mol. The molecule has 22 heavy (non-hydrogen) atoms. The predicted molar refractivity (Wildman–Crippen MR) is 94.4 cm³/mol. The van der Waals surface area contributed by atoms with Gasteiger partial charge in [-0.2, -0.15) is 0 Å². The molecule has 0 saturated heterocycles. The van der Waals surface area contributed by atoms with Gasteiger partial charge in [0.15, 0.2) is 0 Å². The molecule has 0 bridgehead atoms. The van der Waals surface area contributed by atoms with Crippen LogP contribution >= 0.6 is 7.92 Å². The van der Waals surface area contributed by atoms with Crippen molar-refractivity contribution in [3.05, 3.63) is 60.7 Å². The molecule has 2 aromatic rings. The van der Waals surface area contributed by atoms with Crippen molar-refractivity contribution in [2.45, 2.75) is 20.8 Å². The highest BCUT2D eigenvalue weighted by atomic mass is 31.1. The van der Waals surface area contributed by atoms with E-state index in [0.717, 1.165) is 6.16 Å². The van der Waals surface area contributed by atoms with Gasteiger partial charge in [-0.25, -0.2) is 0 Å². The molecule has 0 amide bonds. The van der Waals surface area contributed by atoms with E-state index in [1.165, 1.54) is 10.6 Å². The van der Waals surface area contributed by atoms with Crippen LogP contribution in [0.3, 0.4) is 0 Å². The number of ether oxygens (including phenoxy) is 1. The first-order chi connectivity index (χ1) is 10.5. The lowest BCUT2D eigenvalue weighted by Gasteiger charge is -2.21. The minimum absolute atomic E-state index is 0.136. The van der Waals surface area contributed by atoms with Gasteiger partial charge in [-0.3, -0.25) is 4.79 Å². The predicted octanol–water partition coefficient (Wildman–Crippen LogP) is 3.71. The van der Waals surface area contributed by atoms with Crippen LogP contribution in [0.15, 0.2) is 60.7 Å². The summed E-state index contributed by atoms with van der Waals surface area (Å²) in [5, 5.41) is 2.63. The molecule has 0 unspecified atom stereocenters. The van der Waals surface area contributed by atoms with Crippen LogP contribution in [-0.2, 0) is 9.53 Å². The standard InChI is InChI=1S/C19H23O2P/c1-19(2,3)18(20)21-14-15-22(16-10-6-4-7-11-16)17-12-8-5-9-13-17/h4-13H,14-15H2,1-3H3. The number of rotatable bonds is 5. The second-order valence-corrected chi connectivity index (χ2v) is 8.54. The van der Waals surface area contributed by atoms with Crippen molar-refractivity contribution in [3.8, 4) is 0 Å². The van der Waals surface area contributed by atoms with Gasteiger partial charge in [0.05, 0.1) is 12.0 Å². The quantitative estimate of drug-likeness (QED) is 0.621. The molecule has 0 aliphatic carbocycles. The minimum Gasteiger partial charge on any atom is -0.465 e. The van der Waals surface area contributed by atoms with Crippen molar-refractivity contribution in [1.82, 2.24) is 0 Å². The Hall–Kier alpha value is -1.66. The first kappa shape index (κ1) is 16.7. The summed E-state index contributed by atoms with van der Waals surface area (Å²) in [6, 6.07) is 20.9. The highest BCUT2D eigenvalue weighted by molar-refractivity contribution is 7.73. The highest BCUT2D eigenvalue weighted by Crippen LogP contribution is 2.33. The fourth-order valence-electron chi connectivity index (χ4n) is 2.07. The summed E-state index contributed by atoms with van der Waals surface area (Å²) in [6.45, 7) is 6.11. The third-order valence-electron chi connectivity index (χ3n) is 3.30. The van der Waals surface area contributed by atoms with Crippen molar-refractivity contribution in [2.75, 3.05) is 12.8 Å². The molecule has 0 heterocycles. The second kappa shape index (κ2) is 7.56. The van der Waals surface area contributed by atoms with Gasteiger partial charge in [0.25, 0.3) is 0 Å². The Bertz CT molecular complexity index is 548. The van der Waals surface area contributed by atoms with Crippen molar-refractivity contribution in [1.29, 1.82) is 0 Å². The van der Waals surface area contributed by atoms with Gasteiger partial charge in [-0.15, -0.1) is 0 Å². The molecule has 0 saturated carbocycles. The Morgan fingerprint density at radius 3 is 1.77 bits per heavy atom. The summed E-state index contributed by atoms with van der Waals surface area (Å²) in [5.41, 5.74) is -0.442. The first-order valence-corrected chi connectivity index (χ1v) is 9.06. The van der Waals surface area contributed by atoms with Gasteiger partial charge in [-0.1, -0.05) is 60.7 Å². The minimum atomic E-state index is -0.495.